The van der Waals surface area contributed by atoms with Gasteiger partial charge < -0.3 is 33.7 Å². The Kier molecular flexibility index (Phi) is 8.17. The lowest BCUT2D eigenvalue weighted by atomic mass is 9.66. The molecule has 8 heteroatoms. The minimum absolute atomic E-state index is 0.102. The van der Waals surface area contributed by atoms with Crippen LogP contribution < -0.4 is 23.7 Å². The van der Waals surface area contributed by atoms with Gasteiger partial charge in [-0.2, -0.15) is 0 Å². The highest BCUT2D eigenvalue weighted by atomic mass is 16.5. The molecule has 4 rings (SSSR count). The summed E-state index contributed by atoms with van der Waals surface area (Å²) < 4.78 is 27.5. The van der Waals surface area contributed by atoms with E-state index in [0.717, 1.165) is 36.8 Å². The number of likely N-dealkylation sites (tertiary alicyclic amines) is 1. The molecule has 2 fully saturated rings. The number of aliphatic hydroxyl groups is 1. The minimum atomic E-state index is -0.811. The summed E-state index contributed by atoms with van der Waals surface area (Å²) in [6.07, 6.45) is 7.43. The fraction of sp³-hybridized carbons (Fsp3) is 0.483. The Morgan fingerprint density at radius 3 is 2.24 bits per heavy atom. The van der Waals surface area contributed by atoms with Crippen LogP contribution in [-0.4, -0.2) is 63.6 Å². The van der Waals surface area contributed by atoms with Gasteiger partial charge in [0.05, 0.1) is 47.2 Å². The van der Waals surface area contributed by atoms with Gasteiger partial charge in [0.1, 0.15) is 11.5 Å². The number of nitrogens with zero attached hydrogens (tertiary/aromatic N) is 1. The molecule has 1 amide bonds. The van der Waals surface area contributed by atoms with Crippen molar-refractivity contribution in [1.29, 1.82) is 0 Å². The summed E-state index contributed by atoms with van der Waals surface area (Å²) in [5, 5.41) is 11.6. The molecule has 1 N–H and O–H groups in total. The van der Waals surface area contributed by atoms with Gasteiger partial charge in [-0.1, -0.05) is 12.8 Å². The van der Waals surface area contributed by atoms with E-state index in [9.17, 15) is 9.90 Å². The minimum Gasteiger partial charge on any atom is -0.497 e. The molecule has 0 aromatic heterocycles. The fourth-order valence-corrected chi connectivity index (χ4v) is 5.85. The molecule has 1 aliphatic carbocycles. The van der Waals surface area contributed by atoms with Crippen LogP contribution in [-0.2, 0) is 4.79 Å². The third kappa shape index (κ3) is 5.21. The van der Waals surface area contributed by atoms with Crippen molar-refractivity contribution in [3.8, 4) is 28.7 Å². The Morgan fingerprint density at radius 2 is 1.62 bits per heavy atom. The maximum Gasteiger partial charge on any atom is 0.247 e. The van der Waals surface area contributed by atoms with Crippen LogP contribution in [0.3, 0.4) is 0 Å². The molecule has 37 heavy (non-hydrogen) atoms. The number of methoxy groups -OCH3 is 5. The molecule has 1 saturated carbocycles. The van der Waals surface area contributed by atoms with E-state index in [1.165, 1.54) is 0 Å². The number of carbonyl (C=O) groups is 1. The number of carbonyl (C=O) groups excluding carboxylic acids is 1. The zero-order chi connectivity index (χ0) is 26.6. The summed E-state index contributed by atoms with van der Waals surface area (Å²) in [6.45, 7) is 0.441. The Balaban J connectivity index is 1.72. The van der Waals surface area contributed by atoms with Crippen molar-refractivity contribution < 1.29 is 33.6 Å². The average molecular weight is 512 g/mol. The third-order valence-corrected chi connectivity index (χ3v) is 7.71. The van der Waals surface area contributed by atoms with Crippen LogP contribution in [0.1, 0.15) is 49.3 Å². The predicted octanol–water partition coefficient (Wildman–Crippen LogP) is 4.64. The van der Waals surface area contributed by atoms with Crippen molar-refractivity contribution in [2.24, 2.45) is 5.92 Å². The maximum absolute atomic E-state index is 13.7. The number of hydrogen-bond acceptors (Lipinski definition) is 7. The summed E-state index contributed by atoms with van der Waals surface area (Å²) in [6, 6.07) is 8.87. The number of fused-ring (bicyclic) bond motifs is 1. The first kappa shape index (κ1) is 26.7. The normalized spacial score (nSPS) is 23.4. The van der Waals surface area contributed by atoms with Gasteiger partial charge >= 0.3 is 0 Å². The number of benzene rings is 2. The molecule has 2 aromatic rings. The van der Waals surface area contributed by atoms with Gasteiger partial charge in [0.2, 0.25) is 11.7 Å². The van der Waals surface area contributed by atoms with E-state index in [1.54, 1.807) is 59.8 Å². The Morgan fingerprint density at radius 1 is 0.919 bits per heavy atom. The first-order chi connectivity index (χ1) is 17.9. The maximum atomic E-state index is 13.7. The first-order valence-electron chi connectivity index (χ1n) is 12.6. The van der Waals surface area contributed by atoms with E-state index in [2.05, 4.69) is 0 Å². The van der Waals surface area contributed by atoms with Gasteiger partial charge in [-0.3, -0.25) is 4.79 Å². The molecule has 2 aliphatic rings. The SMILES string of the molecule is COc1ccc(OC)c([C@H]2[C@@H]3CCCC[C@]3(O)CCN2C(=O)C=Cc2cc(OC)c(OC)c(OC)c2)c1. The topological polar surface area (TPSA) is 86.7 Å². The van der Waals surface area contributed by atoms with Gasteiger partial charge in [0, 0.05) is 24.1 Å². The molecular weight excluding hydrogens is 474 g/mol. The lowest BCUT2D eigenvalue weighted by Crippen LogP contribution is -2.56. The van der Waals surface area contributed by atoms with Crippen LogP contribution in [0.5, 0.6) is 28.7 Å². The largest absolute Gasteiger partial charge is 0.497 e. The molecule has 0 spiro atoms. The molecule has 200 valence electrons. The summed E-state index contributed by atoms with van der Waals surface area (Å²) in [5.74, 6) is 2.63. The second kappa shape index (κ2) is 11.3. The Hall–Kier alpha value is -3.39. The van der Waals surface area contributed by atoms with Gasteiger partial charge in [-0.05, 0) is 61.2 Å². The highest BCUT2D eigenvalue weighted by Gasteiger charge is 2.50. The van der Waals surface area contributed by atoms with Crippen molar-refractivity contribution in [3.63, 3.8) is 0 Å². The number of amides is 1. The van der Waals surface area contributed by atoms with Crippen LogP contribution in [0.4, 0.5) is 0 Å². The monoisotopic (exact) mass is 511 g/mol. The number of rotatable bonds is 8. The highest BCUT2D eigenvalue weighted by molar-refractivity contribution is 5.92. The van der Waals surface area contributed by atoms with E-state index < -0.39 is 5.60 Å². The van der Waals surface area contributed by atoms with E-state index >= 15 is 0 Å². The molecular formula is C29H37NO7. The second-order valence-corrected chi connectivity index (χ2v) is 9.58. The Labute approximate surface area is 218 Å². The van der Waals surface area contributed by atoms with Crippen molar-refractivity contribution >= 4 is 12.0 Å². The van der Waals surface area contributed by atoms with Gasteiger partial charge in [-0.25, -0.2) is 0 Å². The zero-order valence-electron chi connectivity index (χ0n) is 22.3. The summed E-state index contributed by atoms with van der Waals surface area (Å²) in [5.41, 5.74) is 0.778. The van der Waals surface area contributed by atoms with Crippen LogP contribution in [0.15, 0.2) is 36.4 Å². The number of ether oxygens (including phenoxy) is 5. The lowest BCUT2D eigenvalue weighted by Gasteiger charge is -2.52. The van der Waals surface area contributed by atoms with E-state index in [1.807, 2.05) is 23.1 Å². The van der Waals surface area contributed by atoms with E-state index in [-0.39, 0.29) is 17.9 Å². The number of hydrogen-bond donors (Lipinski definition) is 1. The standard InChI is InChI=1S/C29H37NO7/c1-33-20-10-11-23(34-2)21(18-20)27-22-8-6-7-13-29(22,32)14-15-30(27)26(31)12-9-19-16-24(35-3)28(37-5)25(17-19)36-4/h9-12,16-18,22,27,32H,6-8,13-15H2,1-5H3/t22-,27-,29-/m0/s1. The molecule has 8 nitrogen and oxygen atoms in total. The summed E-state index contributed by atoms with van der Waals surface area (Å²) >= 11 is 0. The average Bonchev–Trinajstić information content (AvgIpc) is 2.93. The van der Waals surface area contributed by atoms with Crippen molar-refractivity contribution in [2.75, 3.05) is 42.1 Å². The number of piperidine rings is 1. The predicted molar refractivity (Wildman–Crippen MR) is 141 cm³/mol. The molecule has 0 bridgehead atoms. The van der Waals surface area contributed by atoms with Crippen LogP contribution in [0.25, 0.3) is 6.08 Å². The van der Waals surface area contributed by atoms with Gasteiger partial charge in [0.15, 0.2) is 11.5 Å². The second-order valence-electron chi connectivity index (χ2n) is 9.58. The molecule has 0 radical (unpaired) electrons. The van der Waals surface area contributed by atoms with Crippen LogP contribution in [0.2, 0.25) is 0 Å². The fourth-order valence-electron chi connectivity index (χ4n) is 5.85. The molecule has 0 unspecified atom stereocenters. The van der Waals surface area contributed by atoms with Gasteiger partial charge in [-0.15, -0.1) is 0 Å². The highest BCUT2D eigenvalue weighted by Crippen LogP contribution is 2.51. The van der Waals surface area contributed by atoms with Crippen LogP contribution in [0, 0.1) is 5.92 Å². The molecule has 1 saturated heterocycles. The third-order valence-electron chi connectivity index (χ3n) is 7.71. The van der Waals surface area contributed by atoms with Crippen molar-refractivity contribution in [1.82, 2.24) is 4.90 Å². The quantitative estimate of drug-likeness (QED) is 0.517. The molecule has 2 aromatic carbocycles. The smallest absolute Gasteiger partial charge is 0.247 e. The van der Waals surface area contributed by atoms with E-state index in [4.69, 9.17) is 23.7 Å². The lowest BCUT2D eigenvalue weighted by molar-refractivity contribution is -0.151. The molecule has 1 heterocycles. The zero-order valence-corrected chi connectivity index (χ0v) is 22.3. The summed E-state index contributed by atoms with van der Waals surface area (Å²) in [7, 11) is 7.90. The van der Waals surface area contributed by atoms with Crippen molar-refractivity contribution in [3.05, 3.63) is 47.5 Å². The molecule has 3 atom stereocenters. The Bertz CT molecular complexity index is 1120. The first-order valence-corrected chi connectivity index (χ1v) is 12.6. The van der Waals surface area contributed by atoms with Crippen molar-refractivity contribution in [2.45, 2.75) is 43.7 Å². The van der Waals surface area contributed by atoms with E-state index in [0.29, 0.717) is 41.7 Å². The van der Waals surface area contributed by atoms with Crippen LogP contribution >= 0.6 is 0 Å². The van der Waals surface area contributed by atoms with Gasteiger partial charge in [0.25, 0.3) is 0 Å². The summed E-state index contributed by atoms with van der Waals surface area (Å²) in [4.78, 5) is 15.6. The molecule has 1 aliphatic heterocycles.